The number of carbonyl (C=O) groups is 1. The second-order valence-corrected chi connectivity index (χ2v) is 25.6. The van der Waals surface area contributed by atoms with E-state index in [1.165, 1.54) is 30.3 Å². The van der Waals surface area contributed by atoms with Gasteiger partial charge in [-0.15, -0.1) is 5.54 Å². The number of fused-ring (bicyclic) bond motifs is 3. The largest absolute Gasteiger partial charge is 0.468 e. The Balaban J connectivity index is 1.49. The number of rotatable bonds is 12. The van der Waals surface area contributed by atoms with Gasteiger partial charge in [-0.05, 0) is 65.0 Å². The first-order valence-electron chi connectivity index (χ1n) is 22.4. The highest BCUT2D eigenvalue weighted by molar-refractivity contribution is 6.90. The van der Waals surface area contributed by atoms with E-state index in [0.717, 1.165) is 6.42 Å². The SMILES string of the molecule is COCOc1cc(-c2ncc3c(N4CC(F)(F)CC(OC(N)=O)C4C(C)(C)C)nc(OC[C@@]45CCCN4C[C@H](F)C5)nc3c2F)c2c(C#C[Si](C(C)C)(C(C)C)C(C)C)c(F)ccc2c1. The molecule has 0 aliphatic carbocycles. The molecule has 2 unspecified atom stereocenters. The molecule has 3 aliphatic heterocycles. The highest BCUT2D eigenvalue weighted by Gasteiger charge is 2.53. The lowest BCUT2D eigenvalue weighted by Gasteiger charge is -2.49. The molecule has 2 aromatic carbocycles. The van der Waals surface area contributed by atoms with Crippen LogP contribution in [0.25, 0.3) is 32.9 Å². The maximum atomic E-state index is 17.9. The first-order valence-corrected chi connectivity index (χ1v) is 24.7. The molecular weight excluding hydrogens is 864 g/mol. The van der Waals surface area contributed by atoms with Crippen molar-refractivity contribution in [3.8, 4) is 34.5 Å². The first kappa shape index (κ1) is 48.1. The van der Waals surface area contributed by atoms with Gasteiger partial charge < -0.3 is 29.6 Å². The summed E-state index contributed by atoms with van der Waals surface area (Å²) in [6, 6.07) is 4.83. The summed E-state index contributed by atoms with van der Waals surface area (Å²) in [5.74, 6) is -1.61. The van der Waals surface area contributed by atoms with Gasteiger partial charge in [0.15, 0.2) is 12.6 Å². The van der Waals surface area contributed by atoms with Gasteiger partial charge in [0, 0.05) is 37.2 Å². The van der Waals surface area contributed by atoms with E-state index >= 15 is 17.6 Å². The van der Waals surface area contributed by atoms with E-state index in [1.54, 1.807) is 32.9 Å². The Labute approximate surface area is 378 Å². The van der Waals surface area contributed by atoms with E-state index in [2.05, 4.69) is 68.0 Å². The van der Waals surface area contributed by atoms with E-state index in [0.29, 0.717) is 18.4 Å². The lowest BCUT2D eigenvalue weighted by Crippen LogP contribution is -2.62. The van der Waals surface area contributed by atoms with Crippen LogP contribution in [0.1, 0.15) is 93.6 Å². The Morgan fingerprint density at radius 3 is 2.38 bits per heavy atom. The number of ether oxygens (including phenoxy) is 4. The van der Waals surface area contributed by atoms with Crippen LogP contribution in [0, 0.1) is 28.5 Å². The standard InChI is InChI=1S/C48H61F5N6O5Si/c1-27(2)65(28(3)4,29(5)6)17-14-33-36(50)13-12-30-18-32(63-26-61-10)19-34(38(30)33)40-39(51)41-35(22-55-40)43(57-45(56-41)62-25-47-15-11-16-58(47)23-31(49)20-47)59-24-48(52,53)21-37(64-44(54)60)42(59)46(7,8)9/h12-13,18-19,22,27-29,31,37,42H,11,15-16,20-21,23-26H2,1-10H3,(H2,54,60)/t31-,37?,42?,47+/m1/s1. The molecule has 2 N–H and O–H groups in total. The third-order valence-corrected chi connectivity index (χ3v) is 20.1. The molecule has 4 aromatic rings. The van der Waals surface area contributed by atoms with Crippen molar-refractivity contribution in [2.24, 2.45) is 11.1 Å². The Bertz CT molecular complexity index is 2490. The van der Waals surface area contributed by atoms with Crippen LogP contribution < -0.4 is 20.1 Å². The number of nitrogens with zero attached hydrogens (tertiary/aromatic N) is 5. The summed E-state index contributed by atoms with van der Waals surface area (Å²) in [6.45, 7) is 18.2. The molecule has 3 saturated heterocycles. The number of pyridine rings is 1. The topological polar surface area (TPSA) is 125 Å². The van der Waals surface area contributed by atoms with Gasteiger partial charge in [-0.3, -0.25) is 9.88 Å². The van der Waals surface area contributed by atoms with E-state index in [-0.39, 0.29) is 93.7 Å². The Hall–Kier alpha value is -4.79. The lowest BCUT2D eigenvalue weighted by molar-refractivity contribution is -0.0824. The summed E-state index contributed by atoms with van der Waals surface area (Å²) >= 11 is 0. The molecule has 65 heavy (non-hydrogen) atoms. The minimum absolute atomic E-state index is 0.0387. The molecule has 7 rings (SSSR count). The van der Waals surface area contributed by atoms with Crippen molar-refractivity contribution in [2.45, 2.75) is 134 Å². The number of benzene rings is 2. The number of halogens is 5. The van der Waals surface area contributed by atoms with Crippen LogP contribution in [0.15, 0.2) is 30.5 Å². The number of piperidine rings is 1. The van der Waals surface area contributed by atoms with Gasteiger partial charge >= 0.3 is 12.1 Å². The number of nitrogens with two attached hydrogens (primary N) is 1. The molecule has 11 nitrogen and oxygen atoms in total. The number of hydrogen-bond acceptors (Lipinski definition) is 10. The number of carbonyl (C=O) groups excluding carboxylic acids is 1. The summed E-state index contributed by atoms with van der Waals surface area (Å²) in [5.41, 5.74) is 7.89. The van der Waals surface area contributed by atoms with E-state index in [4.69, 9.17) is 24.7 Å². The molecule has 3 fully saturated rings. The molecule has 0 bridgehead atoms. The van der Waals surface area contributed by atoms with Gasteiger partial charge in [0.2, 0.25) is 0 Å². The zero-order chi connectivity index (χ0) is 47.4. The van der Waals surface area contributed by atoms with E-state index in [1.807, 2.05) is 4.90 Å². The number of aromatic nitrogens is 3. The predicted octanol–water partition coefficient (Wildman–Crippen LogP) is 10.4. The Morgan fingerprint density at radius 2 is 1.74 bits per heavy atom. The maximum absolute atomic E-state index is 17.9. The summed E-state index contributed by atoms with van der Waals surface area (Å²) in [5, 5.41) is 0.735. The van der Waals surface area contributed by atoms with Crippen molar-refractivity contribution in [2.75, 3.05) is 45.0 Å². The van der Waals surface area contributed by atoms with Gasteiger partial charge in [-0.1, -0.05) is 74.3 Å². The zero-order valence-corrected chi connectivity index (χ0v) is 40.0. The van der Waals surface area contributed by atoms with Crippen molar-refractivity contribution in [3.05, 3.63) is 47.7 Å². The summed E-state index contributed by atoms with van der Waals surface area (Å²) < 4.78 is 104. The van der Waals surface area contributed by atoms with Crippen LogP contribution >= 0.6 is 0 Å². The number of methoxy groups -OCH3 is 1. The monoisotopic (exact) mass is 924 g/mol. The Kier molecular flexibility index (Phi) is 13.4. The fourth-order valence-corrected chi connectivity index (χ4v) is 16.4. The fourth-order valence-electron chi connectivity index (χ4n) is 11.2. The summed E-state index contributed by atoms with van der Waals surface area (Å²) in [7, 11) is -0.946. The number of primary amides is 1. The molecule has 1 amide bonds. The average molecular weight is 925 g/mol. The Morgan fingerprint density at radius 1 is 1.03 bits per heavy atom. The van der Waals surface area contributed by atoms with E-state index in [9.17, 15) is 9.18 Å². The quantitative estimate of drug-likeness (QED) is 0.0635. The molecule has 3 aliphatic rings. The van der Waals surface area contributed by atoms with Crippen molar-refractivity contribution in [3.63, 3.8) is 0 Å². The molecule has 0 saturated carbocycles. The molecule has 0 spiro atoms. The van der Waals surface area contributed by atoms with Crippen molar-refractivity contribution >= 4 is 41.7 Å². The normalized spacial score (nSPS) is 22.5. The van der Waals surface area contributed by atoms with Gasteiger partial charge in [0.1, 0.15) is 55.6 Å². The van der Waals surface area contributed by atoms with Gasteiger partial charge in [-0.25, -0.2) is 26.7 Å². The van der Waals surface area contributed by atoms with Crippen LogP contribution in [0.5, 0.6) is 11.8 Å². The van der Waals surface area contributed by atoms with Crippen molar-refractivity contribution in [1.29, 1.82) is 0 Å². The second kappa shape index (κ2) is 18.1. The summed E-state index contributed by atoms with van der Waals surface area (Å²) in [4.78, 5) is 29.4. The number of anilines is 1. The number of alkyl halides is 3. The fraction of sp³-hybridized carbons (Fsp3) is 0.583. The van der Waals surface area contributed by atoms with E-state index < -0.39 is 74.0 Å². The van der Waals surface area contributed by atoms with Gasteiger partial charge in [0.25, 0.3) is 5.92 Å². The molecule has 2 aromatic heterocycles. The van der Waals surface area contributed by atoms with Crippen LogP contribution in [0.3, 0.4) is 0 Å². The highest BCUT2D eigenvalue weighted by atomic mass is 28.3. The lowest BCUT2D eigenvalue weighted by atomic mass is 9.78. The van der Waals surface area contributed by atoms with Crippen LogP contribution in [-0.2, 0) is 9.47 Å². The predicted molar refractivity (Wildman–Crippen MR) is 244 cm³/mol. The average Bonchev–Trinajstić information content (AvgIpc) is 3.73. The zero-order valence-electron chi connectivity index (χ0n) is 39.0. The number of hydrogen-bond donors (Lipinski definition) is 1. The molecular formula is C48H61F5N6O5Si. The van der Waals surface area contributed by atoms with Crippen LogP contribution in [0.4, 0.5) is 32.6 Å². The number of amides is 1. The van der Waals surface area contributed by atoms with Crippen LogP contribution in [-0.4, -0.2) is 104 Å². The third-order valence-electron chi connectivity index (χ3n) is 13.8. The third kappa shape index (κ3) is 9.19. The minimum Gasteiger partial charge on any atom is -0.468 e. The van der Waals surface area contributed by atoms with Gasteiger partial charge in [-0.2, -0.15) is 9.97 Å². The van der Waals surface area contributed by atoms with Gasteiger partial charge in [0.05, 0.1) is 35.5 Å². The molecule has 5 heterocycles. The van der Waals surface area contributed by atoms with Crippen molar-refractivity contribution in [1.82, 2.24) is 19.9 Å². The molecule has 0 radical (unpaired) electrons. The first-order chi connectivity index (χ1) is 30.5. The second-order valence-electron chi connectivity index (χ2n) is 20.0. The minimum atomic E-state index is -3.42. The molecule has 4 atom stereocenters. The maximum Gasteiger partial charge on any atom is 0.404 e. The summed E-state index contributed by atoms with van der Waals surface area (Å²) in [6.07, 6.45) is -1.52. The molecule has 17 heteroatoms. The highest BCUT2D eigenvalue weighted by Crippen LogP contribution is 2.46. The van der Waals surface area contributed by atoms with Crippen LogP contribution in [0.2, 0.25) is 16.6 Å². The van der Waals surface area contributed by atoms with Crippen molar-refractivity contribution < 1.29 is 45.7 Å². The smallest absolute Gasteiger partial charge is 0.404 e. The molecule has 352 valence electrons.